The number of piperidine rings is 1. The average molecular weight is 602 g/mol. The number of allylic oxidation sites excluding steroid dienone is 1. The Kier molecular flexibility index (Phi) is 9.62. The summed E-state index contributed by atoms with van der Waals surface area (Å²) in [4.78, 5) is 32.3. The van der Waals surface area contributed by atoms with Crippen molar-refractivity contribution >= 4 is 28.9 Å². The zero-order chi connectivity index (χ0) is 31.4. The molecule has 0 bridgehead atoms. The van der Waals surface area contributed by atoms with Crippen LogP contribution in [0.4, 0.5) is 4.39 Å². The van der Waals surface area contributed by atoms with E-state index in [1.54, 1.807) is 6.92 Å². The first-order valence-electron chi connectivity index (χ1n) is 15.4. The normalized spacial score (nSPS) is 21.9. The zero-order valence-electron chi connectivity index (χ0n) is 25.9. The van der Waals surface area contributed by atoms with E-state index >= 15 is 0 Å². The van der Waals surface area contributed by atoms with E-state index in [9.17, 15) is 14.3 Å². The molecule has 2 aromatic rings. The van der Waals surface area contributed by atoms with Crippen LogP contribution in [0.25, 0.3) is 11.4 Å². The lowest BCUT2D eigenvalue weighted by Gasteiger charge is -2.47. The van der Waals surface area contributed by atoms with Gasteiger partial charge in [0.25, 0.3) is 0 Å². The van der Waals surface area contributed by atoms with Crippen LogP contribution in [0.1, 0.15) is 60.3 Å². The number of amidine groups is 2. The van der Waals surface area contributed by atoms with Gasteiger partial charge in [0.15, 0.2) is 0 Å². The van der Waals surface area contributed by atoms with Crippen LogP contribution < -0.4 is 5.32 Å². The lowest BCUT2D eigenvalue weighted by molar-refractivity contribution is -0.123. The number of hydrogen-bond donors (Lipinski definition) is 3. The van der Waals surface area contributed by atoms with E-state index in [-0.39, 0.29) is 22.9 Å². The molecule has 2 saturated heterocycles. The second-order valence-corrected chi connectivity index (χ2v) is 12.0. The molecule has 2 atom stereocenters. The average Bonchev–Trinajstić information content (AvgIpc) is 3.69. The van der Waals surface area contributed by atoms with E-state index in [2.05, 4.69) is 44.9 Å². The third-order valence-electron chi connectivity index (χ3n) is 8.97. The number of nitrogens with zero attached hydrogens (tertiary/aromatic N) is 5. The molecule has 3 N–H and O–H groups in total. The summed E-state index contributed by atoms with van der Waals surface area (Å²) >= 11 is 0. The lowest BCUT2D eigenvalue weighted by Crippen LogP contribution is -2.58. The number of carbonyl (C=O) groups is 1. The quantitative estimate of drug-likeness (QED) is 0.261. The molecule has 0 saturated carbocycles. The number of piperazine rings is 1. The van der Waals surface area contributed by atoms with Gasteiger partial charge >= 0.3 is 0 Å². The number of aromatic nitrogens is 1. The van der Waals surface area contributed by atoms with E-state index in [1.165, 1.54) is 25.5 Å². The van der Waals surface area contributed by atoms with Crippen molar-refractivity contribution in [1.82, 2.24) is 25.0 Å². The van der Waals surface area contributed by atoms with E-state index in [4.69, 9.17) is 0 Å². The largest absolute Gasteiger partial charge is 0.372 e. The van der Waals surface area contributed by atoms with Crippen LogP contribution in [0.3, 0.4) is 0 Å². The smallest absolute Gasteiger partial charge is 0.210 e. The van der Waals surface area contributed by atoms with Gasteiger partial charge in [-0.25, -0.2) is 4.39 Å². The van der Waals surface area contributed by atoms with Crippen molar-refractivity contribution in [2.75, 3.05) is 52.4 Å². The second-order valence-electron chi connectivity index (χ2n) is 12.0. The summed E-state index contributed by atoms with van der Waals surface area (Å²) in [7, 11) is 0. The van der Waals surface area contributed by atoms with Crippen LogP contribution in [-0.4, -0.2) is 101 Å². The van der Waals surface area contributed by atoms with Crippen molar-refractivity contribution in [3.05, 3.63) is 84.3 Å². The molecule has 4 heterocycles. The minimum Gasteiger partial charge on any atom is -0.372 e. The molecular weight excluding hydrogens is 557 g/mol. The molecule has 0 aliphatic carbocycles. The Labute approximate surface area is 259 Å². The number of hydrogen-bond acceptors (Lipinski definition) is 7. The molecule has 0 spiro atoms. The molecule has 3 aliphatic rings. The van der Waals surface area contributed by atoms with Crippen molar-refractivity contribution in [3.63, 3.8) is 0 Å². The lowest BCUT2D eigenvalue weighted by atomic mass is 9.98. The maximum Gasteiger partial charge on any atom is 0.210 e. The maximum atomic E-state index is 15.0. The van der Waals surface area contributed by atoms with Gasteiger partial charge in [-0.05, 0) is 45.3 Å². The monoisotopic (exact) mass is 601 g/mol. The number of Topliss-reactive ketones (excluding diaryl/α,β-unsaturated/α-hetero) is 1. The van der Waals surface area contributed by atoms with Crippen molar-refractivity contribution in [3.8, 4) is 0 Å². The van der Waals surface area contributed by atoms with E-state index in [0.29, 0.717) is 49.8 Å². The van der Waals surface area contributed by atoms with Crippen molar-refractivity contribution in [2.24, 2.45) is 9.98 Å². The summed E-state index contributed by atoms with van der Waals surface area (Å²) in [5, 5.41) is 14.5. The zero-order valence-corrected chi connectivity index (χ0v) is 25.9. The highest BCUT2D eigenvalue weighted by atomic mass is 19.1. The van der Waals surface area contributed by atoms with Crippen LogP contribution in [0.2, 0.25) is 0 Å². The minimum atomic E-state index is -1.16. The Balaban J connectivity index is 1.24. The van der Waals surface area contributed by atoms with Crippen LogP contribution >= 0.6 is 0 Å². The van der Waals surface area contributed by atoms with E-state index in [0.717, 1.165) is 31.0 Å². The Morgan fingerprint density at radius 2 is 1.86 bits per heavy atom. The number of H-pyrrole nitrogens is 1. The fourth-order valence-electron chi connectivity index (χ4n) is 6.36. The van der Waals surface area contributed by atoms with Crippen LogP contribution in [0.5, 0.6) is 0 Å². The molecule has 2 fully saturated rings. The summed E-state index contributed by atoms with van der Waals surface area (Å²) in [5.41, 5.74) is 0.865. The molecule has 1 aromatic heterocycles. The molecule has 10 heteroatoms. The van der Waals surface area contributed by atoms with Gasteiger partial charge < -0.3 is 25.2 Å². The molecule has 0 amide bonds. The standard InChI is InChI=1S/C34H44FN7O2/c1-23-22-41(34(5,44)27-12-8-6-9-13-27)18-19-42(23)26(4)32(43)28-20-37-31(30(28)25(3)35)24(2)33-38-21-29(39-33)36-14-17-40-15-10-7-11-16-40/h6,8-9,12-13,20,23,37,44H,2-4,7,10-11,14-19,21-22H2,1,5H3,(H,36,38,39)/t23-,34?/m1/s1. The van der Waals surface area contributed by atoms with Gasteiger partial charge in [-0.3, -0.25) is 19.7 Å². The third-order valence-corrected chi connectivity index (χ3v) is 8.97. The number of ketones is 1. The first-order chi connectivity index (χ1) is 21.1. The van der Waals surface area contributed by atoms with Crippen LogP contribution in [-0.2, 0) is 5.72 Å². The number of carbonyl (C=O) groups excluding carboxylic acids is 1. The van der Waals surface area contributed by atoms with Crippen molar-refractivity contribution in [1.29, 1.82) is 0 Å². The first kappa shape index (κ1) is 31.6. The molecule has 234 valence electrons. The number of aliphatic hydroxyl groups is 1. The fourth-order valence-corrected chi connectivity index (χ4v) is 6.36. The predicted molar refractivity (Wildman–Crippen MR) is 175 cm³/mol. The number of aliphatic imine (C=N–C) groups is 2. The molecule has 44 heavy (non-hydrogen) atoms. The van der Waals surface area contributed by atoms with Gasteiger partial charge in [-0.2, -0.15) is 0 Å². The van der Waals surface area contributed by atoms with Gasteiger partial charge in [0, 0.05) is 49.6 Å². The number of nitrogens with one attached hydrogen (secondary N) is 2. The predicted octanol–water partition coefficient (Wildman–Crippen LogP) is 4.42. The Morgan fingerprint density at radius 1 is 1.14 bits per heavy atom. The highest BCUT2D eigenvalue weighted by molar-refractivity contribution is 6.29. The van der Waals surface area contributed by atoms with Crippen molar-refractivity contribution < 1.29 is 14.3 Å². The van der Waals surface area contributed by atoms with Crippen molar-refractivity contribution in [2.45, 2.75) is 44.9 Å². The Hall–Kier alpha value is -3.86. The Morgan fingerprint density at radius 3 is 2.55 bits per heavy atom. The summed E-state index contributed by atoms with van der Waals surface area (Å²) in [6.45, 7) is 21.3. The minimum absolute atomic E-state index is 0.0550. The number of aromatic amines is 1. The number of rotatable bonds is 11. The number of halogens is 1. The van der Waals surface area contributed by atoms with Gasteiger partial charge in [0.2, 0.25) is 5.78 Å². The van der Waals surface area contributed by atoms with E-state index < -0.39 is 17.3 Å². The molecule has 0 radical (unpaired) electrons. The number of likely N-dealkylation sites (tertiary alicyclic amines) is 1. The highest BCUT2D eigenvalue weighted by Crippen LogP contribution is 2.33. The summed E-state index contributed by atoms with van der Waals surface area (Å²) in [6.07, 6.45) is 5.27. The van der Waals surface area contributed by atoms with Gasteiger partial charge in [-0.1, -0.05) is 56.5 Å². The molecule has 3 aliphatic heterocycles. The van der Waals surface area contributed by atoms with Crippen LogP contribution in [0, 0.1) is 0 Å². The fraction of sp³-hybridized carbons (Fsp3) is 0.441. The summed E-state index contributed by atoms with van der Waals surface area (Å²) < 4.78 is 15.0. The topological polar surface area (TPSA) is 99.6 Å². The molecule has 1 aromatic carbocycles. The van der Waals surface area contributed by atoms with Gasteiger partial charge in [-0.15, -0.1) is 0 Å². The summed E-state index contributed by atoms with van der Waals surface area (Å²) in [5.74, 6) is 0.0864. The van der Waals surface area contributed by atoms with Crippen LogP contribution in [0.15, 0.2) is 71.9 Å². The third kappa shape index (κ3) is 6.62. The highest BCUT2D eigenvalue weighted by Gasteiger charge is 2.38. The molecule has 9 nitrogen and oxygen atoms in total. The molecule has 5 rings (SSSR count). The van der Waals surface area contributed by atoms with E-state index in [1.807, 2.05) is 47.1 Å². The Bertz CT molecular complexity index is 1470. The van der Waals surface area contributed by atoms with Gasteiger partial charge in [0.1, 0.15) is 23.2 Å². The number of benzene rings is 1. The van der Waals surface area contributed by atoms with Gasteiger partial charge in [0.05, 0.1) is 30.0 Å². The second kappa shape index (κ2) is 13.4. The summed E-state index contributed by atoms with van der Waals surface area (Å²) in [6, 6.07) is 9.40. The first-order valence-corrected chi connectivity index (χ1v) is 15.4. The SMILES string of the molecule is C=C(C1=NCC(=NCCN2CCCCC2)N1)c1[nH]cc(C(=O)C(=C)N2CCN(C(C)(O)c3ccccc3)C[C@H]2C)c1C(=C)F. The molecular formula is C34H44FN7O2. The maximum absolute atomic E-state index is 15.0. The molecule has 1 unspecified atom stereocenters.